The van der Waals surface area contributed by atoms with E-state index in [9.17, 15) is 5.26 Å². The molecule has 2 N–H and O–H groups in total. The number of nitrogens with zero attached hydrogens (tertiary/aromatic N) is 2. The average molecular weight is 422 g/mol. The van der Waals surface area contributed by atoms with Crippen LogP contribution in [-0.2, 0) is 11.3 Å². The quantitative estimate of drug-likeness (QED) is 0.385. The summed E-state index contributed by atoms with van der Waals surface area (Å²) in [5.74, 6) is 0. The monoisotopic (exact) mass is 421 g/mol. The van der Waals surface area contributed by atoms with Crippen LogP contribution in [-0.4, -0.2) is 10.7 Å². The Morgan fingerprint density at radius 2 is 1.81 bits per heavy atom. The molecule has 0 unspecified atom stereocenters. The molecule has 0 spiro atoms. The summed E-state index contributed by atoms with van der Waals surface area (Å²) < 4.78 is 8.52. The van der Waals surface area contributed by atoms with Crippen LogP contribution in [0.5, 0.6) is 0 Å². The first kappa shape index (κ1) is 20.4. The third kappa shape index (κ3) is 3.55. The predicted molar refractivity (Wildman–Crippen MR) is 129 cm³/mol. The van der Waals surface area contributed by atoms with E-state index in [1.54, 1.807) is 0 Å². The van der Waals surface area contributed by atoms with Crippen LogP contribution in [0.2, 0.25) is 0 Å². The molecule has 3 aromatic carbocycles. The van der Waals surface area contributed by atoms with E-state index in [-0.39, 0.29) is 6.10 Å². The van der Waals surface area contributed by atoms with E-state index in [0.717, 1.165) is 51.7 Å². The van der Waals surface area contributed by atoms with E-state index < -0.39 is 0 Å². The maximum atomic E-state index is 9.61. The summed E-state index contributed by atoms with van der Waals surface area (Å²) in [7, 11) is 0. The van der Waals surface area contributed by atoms with Crippen molar-refractivity contribution in [1.29, 1.82) is 5.26 Å². The lowest BCUT2D eigenvalue weighted by Gasteiger charge is -2.36. The number of nitrogen functional groups attached to an aromatic ring is 1. The third-order valence-corrected chi connectivity index (χ3v) is 6.76. The van der Waals surface area contributed by atoms with Crippen LogP contribution in [0, 0.1) is 25.2 Å². The molecule has 0 atom stereocenters. The van der Waals surface area contributed by atoms with E-state index in [0.29, 0.717) is 12.6 Å². The number of aromatic nitrogens is 1. The first-order chi connectivity index (χ1) is 15.5. The highest BCUT2D eigenvalue weighted by atomic mass is 16.5. The van der Waals surface area contributed by atoms with Crippen molar-refractivity contribution in [2.75, 3.05) is 5.73 Å². The highest BCUT2D eigenvalue weighted by Gasteiger charge is 2.32. The van der Waals surface area contributed by atoms with Gasteiger partial charge in [0, 0.05) is 34.4 Å². The van der Waals surface area contributed by atoms with Gasteiger partial charge in [0.1, 0.15) is 0 Å². The van der Waals surface area contributed by atoms with Crippen LogP contribution in [0.4, 0.5) is 5.69 Å². The van der Waals surface area contributed by atoms with Crippen molar-refractivity contribution in [3.63, 3.8) is 0 Å². The van der Waals surface area contributed by atoms with Crippen molar-refractivity contribution >= 4 is 16.6 Å². The molecule has 1 aromatic heterocycles. The Bertz CT molecular complexity index is 1320. The molecule has 1 aliphatic carbocycles. The van der Waals surface area contributed by atoms with Crippen molar-refractivity contribution in [3.05, 3.63) is 89.1 Å². The van der Waals surface area contributed by atoms with Crippen molar-refractivity contribution in [3.8, 4) is 17.2 Å². The lowest BCUT2D eigenvalue weighted by Crippen LogP contribution is -2.33. The zero-order valence-electron chi connectivity index (χ0n) is 18.5. The SMILES string of the molecule is Cc1cc2c(cc1C#N)c(-c1cccc(N)c1C)cn2[C@H]1C[C@H](OCc2ccccc2)C1. The standard InChI is InChI=1S/C28H27N3O/c1-18-11-28-25(12-21(18)15-29)26(24-9-6-10-27(30)19(24)2)16-31(28)22-13-23(14-22)32-17-20-7-4-3-5-8-20/h3-12,16,22-23H,13-14,17,30H2,1-2H3/t22-,23-. The second kappa shape index (κ2) is 8.18. The molecular formula is C28H27N3O. The largest absolute Gasteiger partial charge is 0.398 e. The van der Waals surface area contributed by atoms with Gasteiger partial charge < -0.3 is 15.0 Å². The van der Waals surface area contributed by atoms with Gasteiger partial charge in [-0.2, -0.15) is 5.26 Å². The first-order valence-electron chi connectivity index (χ1n) is 11.1. The van der Waals surface area contributed by atoms with Gasteiger partial charge in [-0.1, -0.05) is 42.5 Å². The fraction of sp³-hybridized carbons (Fsp3) is 0.250. The number of ether oxygens (including phenoxy) is 1. The Labute approximate surface area is 188 Å². The summed E-state index contributed by atoms with van der Waals surface area (Å²) in [5, 5.41) is 10.7. The zero-order valence-corrected chi connectivity index (χ0v) is 18.5. The van der Waals surface area contributed by atoms with Gasteiger partial charge in [0.15, 0.2) is 0 Å². The molecule has 0 bridgehead atoms. The van der Waals surface area contributed by atoms with Crippen LogP contribution in [0.3, 0.4) is 0 Å². The predicted octanol–water partition coefficient (Wildman–Crippen LogP) is 6.30. The number of nitriles is 1. The maximum Gasteiger partial charge on any atom is 0.0994 e. The molecule has 0 radical (unpaired) electrons. The molecule has 1 fully saturated rings. The van der Waals surface area contributed by atoms with Crippen LogP contribution in [0.1, 0.15) is 41.1 Å². The molecule has 4 heteroatoms. The lowest BCUT2D eigenvalue weighted by molar-refractivity contribution is -0.0346. The second-order valence-electron chi connectivity index (χ2n) is 8.81. The Morgan fingerprint density at radius 1 is 1.03 bits per heavy atom. The normalized spacial score (nSPS) is 17.8. The van der Waals surface area contributed by atoms with E-state index in [1.165, 1.54) is 11.1 Å². The molecule has 1 heterocycles. The fourth-order valence-corrected chi connectivity index (χ4v) is 4.67. The summed E-state index contributed by atoms with van der Waals surface area (Å²) in [6, 6.07) is 23.3. The number of rotatable bonds is 5. The molecule has 4 aromatic rings. The van der Waals surface area contributed by atoms with Crippen molar-refractivity contribution in [2.45, 2.75) is 45.4 Å². The molecule has 0 aliphatic heterocycles. The van der Waals surface area contributed by atoms with E-state index in [2.05, 4.69) is 48.0 Å². The molecular weight excluding hydrogens is 394 g/mol. The lowest BCUT2D eigenvalue weighted by atomic mass is 9.88. The topological polar surface area (TPSA) is 64.0 Å². The van der Waals surface area contributed by atoms with Gasteiger partial charge in [0.05, 0.1) is 24.3 Å². The fourth-order valence-electron chi connectivity index (χ4n) is 4.67. The number of benzene rings is 3. The molecule has 1 aliphatic rings. The van der Waals surface area contributed by atoms with Gasteiger partial charge in [-0.05, 0) is 67.1 Å². The summed E-state index contributed by atoms with van der Waals surface area (Å²) in [5.41, 5.74) is 14.4. The van der Waals surface area contributed by atoms with E-state index >= 15 is 0 Å². The van der Waals surface area contributed by atoms with E-state index in [1.807, 2.05) is 43.3 Å². The Balaban J connectivity index is 1.47. The number of anilines is 1. The van der Waals surface area contributed by atoms with Crippen LogP contribution in [0.25, 0.3) is 22.0 Å². The van der Waals surface area contributed by atoms with Gasteiger partial charge in [0.25, 0.3) is 0 Å². The molecule has 160 valence electrons. The summed E-state index contributed by atoms with van der Waals surface area (Å²) in [6.07, 6.45) is 4.50. The van der Waals surface area contributed by atoms with Gasteiger partial charge >= 0.3 is 0 Å². The Kier molecular flexibility index (Phi) is 5.20. The second-order valence-corrected chi connectivity index (χ2v) is 8.81. The Hall–Kier alpha value is -3.55. The number of hydrogen-bond acceptors (Lipinski definition) is 3. The molecule has 4 nitrogen and oxygen atoms in total. The molecule has 0 saturated heterocycles. The summed E-state index contributed by atoms with van der Waals surface area (Å²) in [4.78, 5) is 0. The van der Waals surface area contributed by atoms with Gasteiger partial charge in [-0.15, -0.1) is 0 Å². The van der Waals surface area contributed by atoms with Crippen LogP contribution >= 0.6 is 0 Å². The smallest absolute Gasteiger partial charge is 0.0994 e. The minimum Gasteiger partial charge on any atom is -0.398 e. The van der Waals surface area contributed by atoms with Gasteiger partial charge in [-0.25, -0.2) is 0 Å². The third-order valence-electron chi connectivity index (χ3n) is 6.76. The number of fused-ring (bicyclic) bond motifs is 1. The highest BCUT2D eigenvalue weighted by Crippen LogP contribution is 2.42. The maximum absolute atomic E-state index is 9.61. The Morgan fingerprint density at radius 3 is 2.56 bits per heavy atom. The summed E-state index contributed by atoms with van der Waals surface area (Å²) >= 11 is 0. The molecule has 5 rings (SSSR count). The van der Waals surface area contributed by atoms with E-state index in [4.69, 9.17) is 10.5 Å². The molecule has 0 amide bonds. The van der Waals surface area contributed by atoms with Crippen LogP contribution in [0.15, 0.2) is 66.9 Å². The van der Waals surface area contributed by atoms with Gasteiger partial charge in [0.2, 0.25) is 0 Å². The summed E-state index contributed by atoms with van der Waals surface area (Å²) in [6.45, 7) is 4.72. The van der Waals surface area contributed by atoms with Crippen molar-refractivity contribution in [2.24, 2.45) is 0 Å². The number of hydrogen-bond donors (Lipinski definition) is 1. The average Bonchev–Trinajstić information content (AvgIpc) is 3.12. The van der Waals surface area contributed by atoms with Crippen LogP contribution < -0.4 is 5.73 Å². The molecule has 32 heavy (non-hydrogen) atoms. The zero-order chi connectivity index (χ0) is 22.2. The number of aryl methyl sites for hydroxylation is 1. The first-order valence-corrected chi connectivity index (χ1v) is 11.1. The van der Waals surface area contributed by atoms with Crippen molar-refractivity contribution < 1.29 is 4.74 Å². The molecule has 1 saturated carbocycles. The highest BCUT2D eigenvalue weighted by molar-refractivity contribution is 5.98. The minimum atomic E-state index is 0.273. The van der Waals surface area contributed by atoms with Crippen molar-refractivity contribution in [1.82, 2.24) is 4.57 Å². The van der Waals surface area contributed by atoms with Gasteiger partial charge in [-0.3, -0.25) is 0 Å². The minimum absolute atomic E-state index is 0.273. The number of nitrogens with two attached hydrogens (primary N) is 1.